The van der Waals surface area contributed by atoms with Crippen molar-refractivity contribution in [2.75, 3.05) is 19.6 Å². The first kappa shape index (κ1) is 29.2. The zero-order chi connectivity index (χ0) is 29.6. The lowest BCUT2D eigenvalue weighted by molar-refractivity contribution is -0.151. The van der Waals surface area contributed by atoms with E-state index in [0.29, 0.717) is 56.6 Å². The number of hydrogen-bond donors (Lipinski definition) is 3. The van der Waals surface area contributed by atoms with Crippen LogP contribution in [0.3, 0.4) is 0 Å². The van der Waals surface area contributed by atoms with Crippen LogP contribution < -0.4 is 16.8 Å². The van der Waals surface area contributed by atoms with E-state index < -0.39 is 12.1 Å². The van der Waals surface area contributed by atoms with Crippen molar-refractivity contribution in [1.82, 2.24) is 20.1 Å². The molecule has 0 spiro atoms. The lowest BCUT2D eigenvalue weighted by Gasteiger charge is -2.39. The van der Waals surface area contributed by atoms with Gasteiger partial charge in [-0.1, -0.05) is 42.5 Å². The Bertz CT molecular complexity index is 1480. The molecule has 0 aliphatic carbocycles. The summed E-state index contributed by atoms with van der Waals surface area (Å²) >= 11 is 1.21. The molecule has 3 aromatic rings. The third-order valence-corrected chi connectivity index (χ3v) is 8.70. The van der Waals surface area contributed by atoms with Crippen LogP contribution in [0.4, 0.5) is 0 Å². The molecule has 220 valence electrons. The van der Waals surface area contributed by atoms with Crippen molar-refractivity contribution in [2.45, 2.75) is 56.7 Å². The lowest BCUT2D eigenvalue weighted by atomic mass is 10.0. The van der Waals surface area contributed by atoms with Gasteiger partial charge in [0, 0.05) is 31.1 Å². The first-order valence-corrected chi connectivity index (χ1v) is 15.0. The standard InChI is InChI=1S/C30H35N7O4S/c31-30(32)34-14-4-9-23(27(40)29-33-15-16-42-29)35-28(41)24-12-11-21-17-36(18-26(39)37(21)24)25(38)13-10-20-7-3-6-19-5-1-2-8-22(19)20/h1-3,5-8,15-16,21,23-24H,4,9-14,17-18H2,(H,35,41)(H4,31,32,34)/t21-,23?,24?/m0/s1. The van der Waals surface area contributed by atoms with Crippen LogP contribution >= 0.6 is 11.3 Å². The van der Waals surface area contributed by atoms with E-state index in [2.05, 4.69) is 33.5 Å². The van der Waals surface area contributed by atoms with Crippen molar-refractivity contribution in [1.29, 1.82) is 0 Å². The van der Waals surface area contributed by atoms with E-state index in [1.807, 2.05) is 24.3 Å². The third-order valence-electron chi connectivity index (χ3n) is 7.91. The number of aryl methyl sites for hydroxylation is 1. The van der Waals surface area contributed by atoms with Crippen molar-refractivity contribution in [2.24, 2.45) is 16.5 Å². The fourth-order valence-corrected chi connectivity index (χ4v) is 6.53. The molecule has 3 amide bonds. The Balaban J connectivity index is 1.19. The molecule has 3 atom stereocenters. The highest BCUT2D eigenvalue weighted by Gasteiger charge is 2.46. The number of ketones is 1. The summed E-state index contributed by atoms with van der Waals surface area (Å²) in [5.74, 6) is -1.02. The summed E-state index contributed by atoms with van der Waals surface area (Å²) in [5, 5.41) is 7.13. The number of fused-ring (bicyclic) bond motifs is 2. The number of nitrogens with one attached hydrogen (secondary N) is 1. The van der Waals surface area contributed by atoms with Crippen LogP contribution in [-0.4, -0.2) is 82.0 Å². The number of benzene rings is 2. The summed E-state index contributed by atoms with van der Waals surface area (Å²) in [7, 11) is 0. The molecule has 11 nitrogen and oxygen atoms in total. The van der Waals surface area contributed by atoms with Gasteiger partial charge in [-0.15, -0.1) is 11.3 Å². The monoisotopic (exact) mass is 589 g/mol. The van der Waals surface area contributed by atoms with Crippen molar-refractivity contribution >= 4 is 51.6 Å². The average Bonchev–Trinajstić information content (AvgIpc) is 3.68. The molecule has 5 N–H and O–H groups in total. The molecule has 0 radical (unpaired) electrons. The summed E-state index contributed by atoms with van der Waals surface area (Å²) < 4.78 is 0. The second kappa shape index (κ2) is 13.1. The molecule has 2 aliphatic rings. The number of amides is 3. The Morgan fingerprint density at radius 3 is 2.71 bits per heavy atom. The summed E-state index contributed by atoms with van der Waals surface area (Å²) in [6, 6.07) is 12.4. The van der Waals surface area contributed by atoms with Gasteiger partial charge in [-0.25, -0.2) is 4.98 Å². The van der Waals surface area contributed by atoms with E-state index in [1.54, 1.807) is 21.4 Å². The minimum Gasteiger partial charge on any atom is -0.370 e. The number of hydrogen-bond acceptors (Lipinski definition) is 7. The number of piperazine rings is 1. The number of Topliss-reactive ketones (excluding diaryl/α,β-unsaturated/α-hetero) is 1. The van der Waals surface area contributed by atoms with Gasteiger partial charge >= 0.3 is 0 Å². The number of aromatic nitrogens is 1. The van der Waals surface area contributed by atoms with Crippen LogP contribution in [0.25, 0.3) is 10.8 Å². The predicted molar refractivity (Wildman–Crippen MR) is 161 cm³/mol. The summed E-state index contributed by atoms with van der Waals surface area (Å²) in [6.07, 6.45) is 4.30. The summed E-state index contributed by atoms with van der Waals surface area (Å²) in [4.78, 5) is 64.3. The fraction of sp³-hybridized carbons (Fsp3) is 0.400. The molecule has 2 unspecified atom stereocenters. The van der Waals surface area contributed by atoms with Crippen molar-refractivity contribution in [3.63, 3.8) is 0 Å². The molecule has 0 bridgehead atoms. The van der Waals surface area contributed by atoms with Gasteiger partial charge in [0.1, 0.15) is 6.04 Å². The van der Waals surface area contributed by atoms with Crippen molar-refractivity contribution in [3.8, 4) is 0 Å². The van der Waals surface area contributed by atoms with Crippen molar-refractivity contribution in [3.05, 3.63) is 64.6 Å². The van der Waals surface area contributed by atoms with E-state index in [-0.39, 0.29) is 42.1 Å². The Morgan fingerprint density at radius 2 is 1.93 bits per heavy atom. The zero-order valence-electron chi connectivity index (χ0n) is 23.3. The van der Waals surface area contributed by atoms with Crippen LogP contribution in [0.2, 0.25) is 0 Å². The van der Waals surface area contributed by atoms with E-state index in [1.165, 1.54) is 11.3 Å². The fourth-order valence-electron chi connectivity index (χ4n) is 5.90. The smallest absolute Gasteiger partial charge is 0.243 e. The minimum atomic E-state index is -0.816. The molecule has 42 heavy (non-hydrogen) atoms. The van der Waals surface area contributed by atoms with Crippen molar-refractivity contribution < 1.29 is 19.2 Å². The number of aliphatic imine (C=N–C) groups is 1. The first-order chi connectivity index (χ1) is 20.3. The number of guanidine groups is 1. The largest absolute Gasteiger partial charge is 0.370 e. The predicted octanol–water partition coefficient (Wildman–Crippen LogP) is 1.85. The minimum absolute atomic E-state index is 0.0384. The quantitative estimate of drug-likeness (QED) is 0.133. The number of carbonyl (C=O) groups excluding carboxylic acids is 4. The maximum Gasteiger partial charge on any atom is 0.243 e. The molecule has 3 heterocycles. The second-order valence-corrected chi connectivity index (χ2v) is 11.6. The van der Waals surface area contributed by atoms with E-state index in [9.17, 15) is 19.2 Å². The average molecular weight is 590 g/mol. The number of nitrogens with zero attached hydrogens (tertiary/aromatic N) is 4. The second-order valence-electron chi connectivity index (χ2n) is 10.7. The third kappa shape index (κ3) is 6.59. The van der Waals surface area contributed by atoms with Gasteiger partial charge in [-0.2, -0.15) is 0 Å². The molecule has 2 aliphatic heterocycles. The van der Waals surface area contributed by atoms with Crippen LogP contribution in [0, 0.1) is 0 Å². The van der Waals surface area contributed by atoms with E-state index in [4.69, 9.17) is 11.5 Å². The zero-order valence-corrected chi connectivity index (χ0v) is 24.1. The molecule has 5 rings (SSSR count). The summed E-state index contributed by atoms with van der Waals surface area (Å²) in [5.41, 5.74) is 11.9. The van der Waals surface area contributed by atoms with E-state index >= 15 is 0 Å². The molecule has 0 saturated carbocycles. The van der Waals surface area contributed by atoms with Gasteiger partial charge in [-0.05, 0) is 48.4 Å². The lowest BCUT2D eigenvalue weighted by Crippen LogP contribution is -2.60. The Morgan fingerprint density at radius 1 is 1.12 bits per heavy atom. The maximum absolute atomic E-state index is 13.4. The van der Waals surface area contributed by atoms with Gasteiger partial charge < -0.3 is 26.6 Å². The van der Waals surface area contributed by atoms with Crippen LogP contribution in [0.1, 0.15) is 47.5 Å². The van der Waals surface area contributed by atoms with Crippen LogP contribution in [-0.2, 0) is 20.8 Å². The number of carbonyl (C=O) groups is 4. The molecular weight excluding hydrogens is 554 g/mol. The van der Waals surface area contributed by atoms with Crippen LogP contribution in [0.5, 0.6) is 0 Å². The van der Waals surface area contributed by atoms with E-state index in [0.717, 1.165) is 16.3 Å². The number of rotatable bonds is 11. The molecule has 2 aromatic carbocycles. The van der Waals surface area contributed by atoms with Gasteiger partial charge in [0.2, 0.25) is 23.5 Å². The normalized spacial score (nSPS) is 18.9. The molecule has 1 aromatic heterocycles. The van der Waals surface area contributed by atoms with Gasteiger partial charge in [0.25, 0.3) is 0 Å². The van der Waals surface area contributed by atoms with Crippen LogP contribution in [0.15, 0.2) is 59.0 Å². The van der Waals surface area contributed by atoms with Gasteiger partial charge in [-0.3, -0.25) is 24.2 Å². The van der Waals surface area contributed by atoms with Gasteiger partial charge in [0.05, 0.1) is 18.6 Å². The van der Waals surface area contributed by atoms with Gasteiger partial charge in [0.15, 0.2) is 11.0 Å². The molecule has 2 saturated heterocycles. The topological polar surface area (TPSA) is 164 Å². The maximum atomic E-state index is 13.4. The highest BCUT2D eigenvalue weighted by atomic mass is 32.1. The highest BCUT2D eigenvalue weighted by Crippen LogP contribution is 2.29. The molecule has 2 fully saturated rings. The Kier molecular flexibility index (Phi) is 9.11. The highest BCUT2D eigenvalue weighted by molar-refractivity contribution is 7.11. The molecular formula is C30H35N7O4S. The Hall–Kier alpha value is -4.32. The SMILES string of the molecule is NC(N)=NCCCC(NC(=O)C1CC[C@H]2CN(C(=O)CCc3cccc4ccccc34)CC(=O)N12)C(=O)c1nccs1. The summed E-state index contributed by atoms with van der Waals surface area (Å²) in [6.45, 7) is 0.652. The Labute approximate surface area is 248 Å². The number of nitrogens with two attached hydrogens (primary N) is 2. The first-order valence-electron chi connectivity index (χ1n) is 14.2. The number of thiazole rings is 1. The molecule has 12 heteroatoms.